The Morgan fingerprint density at radius 2 is 1.71 bits per heavy atom. The lowest BCUT2D eigenvalue weighted by atomic mass is 10.0. The molecule has 236 valence electrons. The van der Waals surface area contributed by atoms with E-state index in [0.29, 0.717) is 0 Å². The molecule has 42 heavy (non-hydrogen) atoms. The van der Waals surface area contributed by atoms with Crippen LogP contribution in [0.2, 0.25) is 0 Å². The lowest BCUT2D eigenvalue weighted by Crippen LogP contribution is -2.59. The molecule has 0 spiro atoms. The van der Waals surface area contributed by atoms with E-state index in [2.05, 4.69) is 26.3 Å². The zero-order valence-corrected chi connectivity index (χ0v) is 25.4. The number of guanidine groups is 1. The van der Waals surface area contributed by atoms with Crippen LogP contribution in [0, 0.1) is 0 Å². The predicted molar refractivity (Wildman–Crippen MR) is 157 cm³/mol. The van der Waals surface area contributed by atoms with E-state index in [1.165, 1.54) is 14.0 Å². The van der Waals surface area contributed by atoms with Gasteiger partial charge in [0, 0.05) is 31.0 Å². The number of nitrogens with zero attached hydrogens (tertiary/aromatic N) is 2. The molecule has 1 heterocycles. The molecular formula is C23H39N9O8S2. The Morgan fingerprint density at radius 3 is 2.26 bits per heavy atom. The fourth-order valence-electron chi connectivity index (χ4n) is 3.78. The number of rotatable bonds is 8. The molecule has 0 saturated carbocycles. The highest BCUT2D eigenvalue weighted by Gasteiger charge is 2.39. The normalized spacial score (nSPS) is 24.3. The van der Waals surface area contributed by atoms with Gasteiger partial charge >= 0.3 is 5.97 Å². The number of aliphatic imine (C=N–C) groups is 1. The van der Waals surface area contributed by atoms with E-state index in [9.17, 15) is 38.7 Å². The molecule has 1 aliphatic heterocycles. The van der Waals surface area contributed by atoms with E-state index >= 15 is 0 Å². The molecule has 11 N–H and O–H groups in total. The number of amides is 6. The van der Waals surface area contributed by atoms with Crippen molar-refractivity contribution in [3.8, 4) is 0 Å². The van der Waals surface area contributed by atoms with Crippen LogP contribution >= 0.6 is 21.6 Å². The van der Waals surface area contributed by atoms with Crippen molar-refractivity contribution in [1.29, 1.82) is 0 Å². The number of nitrogens with two attached hydrogens (primary N) is 3. The summed E-state index contributed by atoms with van der Waals surface area (Å²) in [4.78, 5) is 92.8. The van der Waals surface area contributed by atoms with Gasteiger partial charge in [-0.3, -0.25) is 38.6 Å². The zero-order valence-electron chi connectivity index (χ0n) is 23.8. The fourth-order valence-corrected chi connectivity index (χ4v) is 6.60. The minimum atomic E-state index is -1.59. The standard InChI is InChI=1S/C23H39N9O8S2/c1-11(33)28-14-10-41-42-23(2,3)17(18(24)37)31-19(38)13(8-16(35)36)29-15(34)9-32(4)21(40)12(30-20(14)39)6-5-7-27-22(25)26/h12-14,17H,5-10H2,1-4H3,(H2,24,37)(H,28,33)(H,29,34)(H,30,39)(H,31,38)(H,35,36)(H4,25,26,27)/t12-,13-,14-,17+/m1/s1. The van der Waals surface area contributed by atoms with Crippen LogP contribution in [0.25, 0.3) is 0 Å². The van der Waals surface area contributed by atoms with Crippen LogP contribution in [0.3, 0.4) is 0 Å². The average molecular weight is 634 g/mol. The van der Waals surface area contributed by atoms with Gasteiger partial charge in [-0.2, -0.15) is 0 Å². The van der Waals surface area contributed by atoms with Gasteiger partial charge in [0.25, 0.3) is 0 Å². The van der Waals surface area contributed by atoms with Gasteiger partial charge in [0.1, 0.15) is 24.2 Å². The minimum absolute atomic E-state index is 0.00856. The van der Waals surface area contributed by atoms with Gasteiger partial charge in [-0.1, -0.05) is 21.6 Å². The van der Waals surface area contributed by atoms with Gasteiger partial charge in [-0.15, -0.1) is 0 Å². The van der Waals surface area contributed by atoms with Crippen molar-refractivity contribution in [3.63, 3.8) is 0 Å². The summed E-state index contributed by atoms with van der Waals surface area (Å²) in [6.45, 7) is 3.94. The summed E-state index contributed by atoms with van der Waals surface area (Å²) in [5.41, 5.74) is 16.2. The number of carboxylic acids is 1. The van der Waals surface area contributed by atoms with Crippen LogP contribution < -0.4 is 38.5 Å². The summed E-state index contributed by atoms with van der Waals surface area (Å²) in [5.74, 6) is -6.22. The second kappa shape index (κ2) is 16.6. The van der Waals surface area contributed by atoms with Gasteiger partial charge in [0.05, 0.1) is 13.0 Å². The van der Waals surface area contributed by atoms with E-state index in [1.807, 2.05) is 0 Å². The molecule has 1 saturated heterocycles. The van der Waals surface area contributed by atoms with Crippen LogP contribution in [0.15, 0.2) is 4.99 Å². The highest BCUT2D eigenvalue weighted by molar-refractivity contribution is 8.77. The lowest BCUT2D eigenvalue weighted by molar-refractivity contribution is -0.142. The topological polar surface area (TPSA) is 281 Å². The highest BCUT2D eigenvalue weighted by atomic mass is 33.1. The Balaban J connectivity index is 3.46. The molecule has 19 heteroatoms. The van der Waals surface area contributed by atoms with Crippen molar-refractivity contribution in [1.82, 2.24) is 26.2 Å². The molecular weight excluding hydrogens is 594 g/mol. The number of carboxylic acid groups (broad SMARTS) is 1. The van der Waals surface area contributed by atoms with Crippen molar-refractivity contribution in [2.45, 2.75) is 68.9 Å². The van der Waals surface area contributed by atoms with Gasteiger partial charge in [-0.05, 0) is 26.7 Å². The van der Waals surface area contributed by atoms with Crippen LogP contribution in [0.5, 0.6) is 0 Å². The van der Waals surface area contributed by atoms with Gasteiger partial charge < -0.3 is 48.5 Å². The molecule has 17 nitrogen and oxygen atoms in total. The molecule has 1 fully saturated rings. The number of nitrogens with one attached hydrogen (secondary N) is 4. The van der Waals surface area contributed by atoms with Crippen molar-refractivity contribution in [2.24, 2.45) is 22.2 Å². The van der Waals surface area contributed by atoms with Crippen LogP contribution in [0.1, 0.15) is 40.0 Å². The molecule has 1 rings (SSSR count). The Kier molecular flexibility index (Phi) is 14.4. The van der Waals surface area contributed by atoms with Gasteiger partial charge in [0.15, 0.2) is 5.96 Å². The third kappa shape index (κ3) is 12.4. The van der Waals surface area contributed by atoms with E-state index in [-0.39, 0.29) is 31.1 Å². The van der Waals surface area contributed by atoms with Crippen molar-refractivity contribution in [3.05, 3.63) is 0 Å². The average Bonchev–Trinajstić information content (AvgIpc) is 2.85. The largest absolute Gasteiger partial charge is 0.481 e. The molecule has 0 bridgehead atoms. The SMILES string of the molecule is CC(=O)N[C@@H]1CSSC(C)(C)[C@H](C(N)=O)NC(=O)[C@@H](CC(=O)O)NC(=O)CN(C)C(=O)[C@@H](CCCN=C(N)N)NC1=O. The molecule has 4 atom stereocenters. The molecule has 0 aromatic heterocycles. The van der Waals surface area contributed by atoms with Gasteiger partial charge in [0.2, 0.25) is 35.4 Å². The van der Waals surface area contributed by atoms with E-state index < -0.39 is 83.3 Å². The third-order valence-corrected chi connectivity index (χ3v) is 9.12. The number of hydrogen-bond acceptors (Lipinski definition) is 10. The van der Waals surface area contributed by atoms with Crippen LogP contribution in [0.4, 0.5) is 0 Å². The number of likely N-dealkylation sites (N-methyl/N-ethyl adjacent to an activating group) is 1. The van der Waals surface area contributed by atoms with E-state index in [4.69, 9.17) is 17.2 Å². The molecule has 0 aliphatic carbocycles. The van der Waals surface area contributed by atoms with E-state index in [0.717, 1.165) is 26.5 Å². The van der Waals surface area contributed by atoms with E-state index in [1.54, 1.807) is 13.8 Å². The summed E-state index contributed by atoms with van der Waals surface area (Å²) in [7, 11) is 3.45. The summed E-state index contributed by atoms with van der Waals surface area (Å²) < 4.78 is -1.10. The summed E-state index contributed by atoms with van der Waals surface area (Å²) in [6, 6.07) is -5.17. The summed E-state index contributed by atoms with van der Waals surface area (Å²) in [5, 5.41) is 19.1. The summed E-state index contributed by atoms with van der Waals surface area (Å²) in [6.07, 6.45) is -0.474. The molecule has 6 amide bonds. The molecule has 0 aromatic rings. The number of carbonyl (C=O) groups is 7. The number of primary amides is 1. The maximum absolute atomic E-state index is 13.3. The second-order valence-electron chi connectivity index (χ2n) is 9.99. The predicted octanol–water partition coefficient (Wildman–Crippen LogP) is -3.41. The first-order valence-electron chi connectivity index (χ1n) is 12.7. The Morgan fingerprint density at radius 1 is 1.07 bits per heavy atom. The van der Waals surface area contributed by atoms with Gasteiger partial charge in [-0.25, -0.2) is 0 Å². The maximum Gasteiger partial charge on any atom is 0.305 e. The van der Waals surface area contributed by atoms with Crippen LogP contribution in [-0.4, -0.2) is 112 Å². The quantitative estimate of drug-likeness (QED) is 0.0562. The van der Waals surface area contributed by atoms with Crippen LogP contribution in [-0.2, 0) is 33.6 Å². The highest BCUT2D eigenvalue weighted by Crippen LogP contribution is 2.38. The molecule has 0 radical (unpaired) electrons. The number of hydrogen-bond donors (Lipinski definition) is 8. The first-order valence-corrected chi connectivity index (χ1v) is 15.1. The number of aliphatic carboxylic acids is 1. The fraction of sp³-hybridized carbons (Fsp3) is 0.652. The molecule has 0 aromatic carbocycles. The lowest BCUT2D eigenvalue weighted by Gasteiger charge is -2.33. The minimum Gasteiger partial charge on any atom is -0.481 e. The monoisotopic (exact) mass is 633 g/mol. The maximum atomic E-state index is 13.3. The Hall–Kier alpha value is -3.74. The molecule has 0 unspecified atom stereocenters. The first-order chi connectivity index (χ1) is 19.4. The Labute approximate surface area is 250 Å². The molecule has 1 aliphatic rings. The van der Waals surface area contributed by atoms with Crippen molar-refractivity contribution >= 4 is 69.0 Å². The summed E-state index contributed by atoms with van der Waals surface area (Å²) >= 11 is 0. The van der Waals surface area contributed by atoms with Crippen molar-refractivity contribution in [2.75, 3.05) is 25.9 Å². The zero-order chi connectivity index (χ0) is 32.2. The third-order valence-electron chi connectivity index (χ3n) is 5.82. The first kappa shape index (κ1) is 36.3. The van der Waals surface area contributed by atoms with Crippen molar-refractivity contribution < 1.29 is 38.7 Å². The Bertz CT molecular complexity index is 1080. The number of carbonyl (C=O) groups excluding carboxylic acids is 6. The second-order valence-corrected chi connectivity index (χ2v) is 13.0. The smallest absolute Gasteiger partial charge is 0.305 e.